The van der Waals surface area contributed by atoms with Gasteiger partial charge in [0.1, 0.15) is 4.90 Å². The molecule has 2 aromatic rings. The van der Waals surface area contributed by atoms with E-state index in [1.54, 1.807) is 24.3 Å². The summed E-state index contributed by atoms with van der Waals surface area (Å²) in [4.78, 5) is 15.6. The van der Waals surface area contributed by atoms with E-state index in [1.165, 1.54) is 12.1 Å². The molecule has 0 fully saturated rings. The third kappa shape index (κ3) is 4.74. The molecule has 1 aliphatic heterocycles. The van der Waals surface area contributed by atoms with Crippen LogP contribution in [0.2, 0.25) is 0 Å². The molecule has 0 saturated carbocycles. The maximum atomic E-state index is 12.5. The van der Waals surface area contributed by atoms with Crippen molar-refractivity contribution in [2.45, 2.75) is 37.5 Å². The zero-order chi connectivity index (χ0) is 19.4. The first kappa shape index (κ1) is 19.1. The molecule has 1 aliphatic rings. The van der Waals surface area contributed by atoms with Crippen molar-refractivity contribution in [3.8, 4) is 0 Å². The molecule has 0 aromatic heterocycles. The smallest absolute Gasteiger partial charge is 0.322 e. The zero-order valence-corrected chi connectivity index (χ0v) is 16.3. The molecule has 1 heterocycles. The monoisotopic (exact) mass is 386 g/mol. The average Bonchev–Trinajstić information content (AvgIpc) is 3.14. The zero-order valence-electron chi connectivity index (χ0n) is 15.5. The molecule has 0 saturated heterocycles. The number of hydrogen-bond donors (Lipinski definition) is 3. The van der Waals surface area contributed by atoms with Gasteiger partial charge in [-0.25, -0.2) is 0 Å². The summed E-state index contributed by atoms with van der Waals surface area (Å²) in [5, 5.41) is 2.76. The molecule has 2 aromatic carbocycles. The molecule has 0 bridgehead atoms. The summed E-state index contributed by atoms with van der Waals surface area (Å²) >= 11 is 0. The fourth-order valence-corrected chi connectivity index (χ4v) is 4.02. The van der Waals surface area contributed by atoms with Gasteiger partial charge in [-0.05, 0) is 48.2 Å². The van der Waals surface area contributed by atoms with Crippen LogP contribution in [-0.2, 0) is 10.0 Å². The molecule has 0 aliphatic carbocycles. The fraction of sp³-hybridized carbons (Fsp3) is 0.300. The van der Waals surface area contributed by atoms with Crippen LogP contribution in [0.5, 0.6) is 0 Å². The highest BCUT2D eigenvalue weighted by molar-refractivity contribution is 7.90. The van der Waals surface area contributed by atoms with E-state index in [9.17, 15) is 13.2 Å². The Hall–Kier alpha value is -2.67. The van der Waals surface area contributed by atoms with E-state index in [-0.39, 0.29) is 10.8 Å². The Kier molecular flexibility index (Phi) is 5.60. The summed E-state index contributed by atoms with van der Waals surface area (Å²) in [5.74, 6) is 0.720. The topological polar surface area (TPSA) is 89.2 Å². The lowest BCUT2D eigenvalue weighted by Gasteiger charge is -2.09. The van der Waals surface area contributed by atoms with E-state index in [2.05, 4.69) is 28.9 Å². The van der Waals surface area contributed by atoms with E-state index >= 15 is 0 Å². The largest absolute Gasteiger partial charge is 0.328 e. The Morgan fingerprint density at radius 1 is 1.11 bits per heavy atom. The van der Waals surface area contributed by atoms with Gasteiger partial charge in [-0.2, -0.15) is 13.1 Å². The molecule has 0 radical (unpaired) electrons. The molecule has 7 heteroatoms. The van der Waals surface area contributed by atoms with Crippen molar-refractivity contribution in [2.75, 3.05) is 11.9 Å². The van der Waals surface area contributed by atoms with Gasteiger partial charge in [-0.15, -0.1) is 0 Å². The summed E-state index contributed by atoms with van der Waals surface area (Å²) < 4.78 is 27.6. The van der Waals surface area contributed by atoms with Crippen molar-refractivity contribution in [1.82, 2.24) is 4.72 Å². The first-order valence-corrected chi connectivity index (χ1v) is 10.5. The molecule has 142 valence electrons. The van der Waals surface area contributed by atoms with E-state index in [0.717, 1.165) is 18.5 Å². The number of hydrogen-bond acceptors (Lipinski definition) is 3. The minimum atomic E-state index is -3.68. The van der Waals surface area contributed by atoms with E-state index in [0.29, 0.717) is 29.4 Å². The van der Waals surface area contributed by atoms with Crippen molar-refractivity contribution in [3.05, 3.63) is 59.7 Å². The summed E-state index contributed by atoms with van der Waals surface area (Å²) in [6.07, 6.45) is 1.59. The molecule has 3 rings (SSSR count). The van der Waals surface area contributed by atoms with Crippen molar-refractivity contribution >= 4 is 27.5 Å². The molecular formula is C20H24N3O3S+. The number of anilines is 1. The lowest BCUT2D eigenvalue weighted by atomic mass is 10.0. The minimum absolute atomic E-state index is 0.108. The predicted molar refractivity (Wildman–Crippen MR) is 105 cm³/mol. The maximum Gasteiger partial charge on any atom is 0.328 e. The second-order valence-electron chi connectivity index (χ2n) is 6.87. The molecule has 0 unspecified atom stereocenters. The van der Waals surface area contributed by atoms with Gasteiger partial charge in [-0.1, -0.05) is 32.0 Å². The van der Waals surface area contributed by atoms with Gasteiger partial charge in [0.15, 0.2) is 0 Å². The minimum Gasteiger partial charge on any atom is -0.322 e. The van der Waals surface area contributed by atoms with Crippen LogP contribution in [0.15, 0.2) is 53.4 Å². The van der Waals surface area contributed by atoms with Gasteiger partial charge < -0.3 is 5.32 Å². The van der Waals surface area contributed by atoms with Crippen LogP contribution in [0.25, 0.3) is 0 Å². The summed E-state index contributed by atoms with van der Waals surface area (Å²) in [6, 6.07) is 13.6. The number of amides is 1. The van der Waals surface area contributed by atoms with Gasteiger partial charge in [-0.3, -0.25) is 9.79 Å². The lowest BCUT2D eigenvalue weighted by Crippen LogP contribution is -2.72. The van der Waals surface area contributed by atoms with E-state index in [4.69, 9.17) is 0 Å². The van der Waals surface area contributed by atoms with Crippen LogP contribution in [0, 0.1) is 0 Å². The normalized spacial score (nSPS) is 14.1. The van der Waals surface area contributed by atoms with E-state index in [1.807, 2.05) is 12.1 Å². The molecule has 6 nitrogen and oxygen atoms in total. The Bertz CT molecular complexity index is 964. The van der Waals surface area contributed by atoms with Gasteiger partial charge >= 0.3 is 10.0 Å². The van der Waals surface area contributed by atoms with Gasteiger partial charge in [0.25, 0.3) is 11.7 Å². The lowest BCUT2D eigenvalue weighted by molar-refractivity contribution is -0.448. The van der Waals surface area contributed by atoms with Gasteiger partial charge in [0.2, 0.25) is 0 Å². The predicted octanol–water partition coefficient (Wildman–Crippen LogP) is 1.61. The molecular weight excluding hydrogens is 362 g/mol. The highest BCUT2D eigenvalue weighted by Gasteiger charge is 2.24. The summed E-state index contributed by atoms with van der Waals surface area (Å²) in [6.45, 7) is 4.95. The van der Waals surface area contributed by atoms with Crippen LogP contribution < -0.4 is 15.0 Å². The first-order chi connectivity index (χ1) is 12.8. The Morgan fingerprint density at radius 3 is 2.48 bits per heavy atom. The standard InChI is InChI=1S/C20H23N3O3S/c1-14(2)15-8-10-16(11-9-15)20(24)22-17-5-3-6-18(13-17)27(25,26)23-19-7-4-12-21-19/h3,5-6,8-11,13-14H,4,7,12H2,1-2H3,(H,21,23)(H,22,24)/p+1. The van der Waals surface area contributed by atoms with Crippen molar-refractivity contribution in [3.63, 3.8) is 0 Å². The summed E-state index contributed by atoms with van der Waals surface area (Å²) in [5.41, 5.74) is 2.11. The molecule has 1 amide bonds. The Labute approximate surface area is 159 Å². The van der Waals surface area contributed by atoms with Crippen molar-refractivity contribution in [1.29, 1.82) is 0 Å². The highest BCUT2D eigenvalue weighted by Crippen LogP contribution is 2.18. The van der Waals surface area contributed by atoms with Crippen LogP contribution in [-0.4, -0.2) is 26.7 Å². The Balaban J connectivity index is 1.74. The second kappa shape index (κ2) is 7.92. The van der Waals surface area contributed by atoms with Gasteiger partial charge in [0.05, 0.1) is 13.0 Å². The van der Waals surface area contributed by atoms with Crippen molar-refractivity contribution < 1.29 is 18.2 Å². The second-order valence-corrected chi connectivity index (χ2v) is 8.56. The van der Waals surface area contributed by atoms with E-state index < -0.39 is 10.0 Å². The molecule has 27 heavy (non-hydrogen) atoms. The van der Waals surface area contributed by atoms with Crippen LogP contribution in [0.3, 0.4) is 0 Å². The van der Waals surface area contributed by atoms with Gasteiger partial charge in [0, 0.05) is 11.3 Å². The SMILES string of the molecule is CC(C)c1ccc(C(=O)Nc2cccc(S(=O)(=O)NC3=[NH+]CCC3)c2)cc1. The first-order valence-electron chi connectivity index (χ1n) is 8.99. The number of carbonyl (C=O) groups is 1. The third-order valence-electron chi connectivity index (χ3n) is 4.44. The maximum absolute atomic E-state index is 12.5. The van der Waals surface area contributed by atoms with Crippen LogP contribution >= 0.6 is 0 Å². The number of nitrogens with one attached hydrogen (secondary N) is 3. The summed E-state index contributed by atoms with van der Waals surface area (Å²) in [7, 11) is -3.68. The quantitative estimate of drug-likeness (QED) is 0.729. The molecule has 0 spiro atoms. The number of benzene rings is 2. The fourth-order valence-electron chi connectivity index (χ4n) is 2.86. The number of carbonyl (C=O) groups excluding carboxylic acids is 1. The molecule has 3 N–H and O–H groups in total. The highest BCUT2D eigenvalue weighted by atomic mass is 32.2. The number of sulfonamides is 1. The van der Waals surface area contributed by atoms with Crippen molar-refractivity contribution in [2.24, 2.45) is 0 Å². The van der Waals surface area contributed by atoms with Crippen LogP contribution in [0.4, 0.5) is 5.69 Å². The van der Waals surface area contributed by atoms with Crippen LogP contribution in [0.1, 0.15) is 48.5 Å². The number of rotatable bonds is 5. The average molecular weight is 386 g/mol. The molecule has 0 atom stereocenters. The Morgan fingerprint density at radius 2 is 1.85 bits per heavy atom. The number of amidine groups is 1. The third-order valence-corrected chi connectivity index (χ3v) is 5.83.